The predicted octanol–water partition coefficient (Wildman–Crippen LogP) is 2.04. The van der Waals surface area contributed by atoms with E-state index in [0.717, 1.165) is 22.1 Å². The zero-order valence-corrected chi connectivity index (χ0v) is 9.21. The van der Waals surface area contributed by atoms with Crippen LogP contribution < -0.4 is 11.1 Å². The molecule has 2 aromatic rings. The second-order valence-electron chi connectivity index (χ2n) is 3.21. The smallest absolute Gasteiger partial charge is 0.126 e. The quantitative estimate of drug-likeness (QED) is 0.830. The maximum absolute atomic E-state index is 5.68. The molecular formula is C10H12N4S. The van der Waals surface area contributed by atoms with Crippen molar-refractivity contribution >= 4 is 22.8 Å². The van der Waals surface area contributed by atoms with Crippen molar-refractivity contribution in [3.05, 3.63) is 34.4 Å². The van der Waals surface area contributed by atoms with E-state index in [2.05, 4.69) is 15.3 Å². The van der Waals surface area contributed by atoms with E-state index in [1.54, 1.807) is 23.7 Å². The topological polar surface area (TPSA) is 63.8 Å². The summed E-state index contributed by atoms with van der Waals surface area (Å²) in [6, 6.07) is 1.93. The molecule has 0 aliphatic rings. The van der Waals surface area contributed by atoms with Crippen LogP contribution in [-0.4, -0.2) is 9.97 Å². The molecule has 0 atom stereocenters. The Morgan fingerprint density at radius 1 is 1.47 bits per heavy atom. The summed E-state index contributed by atoms with van der Waals surface area (Å²) in [5, 5.41) is 6.20. The Hall–Kier alpha value is -1.62. The molecule has 0 aliphatic heterocycles. The SMILES string of the molecule is Cc1cc(NCc2nccs2)ncc1N. The van der Waals surface area contributed by atoms with Gasteiger partial charge in [-0.05, 0) is 18.6 Å². The number of nitrogens with two attached hydrogens (primary N) is 1. The third-order valence-electron chi connectivity index (χ3n) is 2.06. The summed E-state index contributed by atoms with van der Waals surface area (Å²) in [7, 11) is 0. The van der Waals surface area contributed by atoms with Crippen LogP contribution in [-0.2, 0) is 6.54 Å². The Labute approximate surface area is 92.2 Å². The lowest BCUT2D eigenvalue weighted by molar-refractivity contribution is 1.08. The molecule has 2 heterocycles. The summed E-state index contributed by atoms with van der Waals surface area (Å²) in [5.41, 5.74) is 7.43. The van der Waals surface area contributed by atoms with Crippen LogP contribution >= 0.6 is 11.3 Å². The Morgan fingerprint density at radius 3 is 3.00 bits per heavy atom. The van der Waals surface area contributed by atoms with Crippen molar-refractivity contribution in [2.75, 3.05) is 11.1 Å². The van der Waals surface area contributed by atoms with Crippen LogP contribution in [0.25, 0.3) is 0 Å². The van der Waals surface area contributed by atoms with Gasteiger partial charge in [0, 0.05) is 11.6 Å². The first-order chi connectivity index (χ1) is 7.25. The highest BCUT2D eigenvalue weighted by atomic mass is 32.1. The van der Waals surface area contributed by atoms with Gasteiger partial charge in [0.05, 0.1) is 18.4 Å². The second kappa shape index (κ2) is 4.27. The summed E-state index contributed by atoms with van der Waals surface area (Å²) < 4.78 is 0. The number of hydrogen-bond acceptors (Lipinski definition) is 5. The fraction of sp³-hybridized carbons (Fsp3) is 0.200. The van der Waals surface area contributed by atoms with Gasteiger partial charge in [-0.2, -0.15) is 0 Å². The number of aromatic nitrogens is 2. The molecule has 0 spiro atoms. The van der Waals surface area contributed by atoms with Crippen molar-refractivity contribution in [3.8, 4) is 0 Å². The maximum atomic E-state index is 5.68. The second-order valence-corrected chi connectivity index (χ2v) is 4.18. The van der Waals surface area contributed by atoms with Crippen molar-refractivity contribution in [3.63, 3.8) is 0 Å². The van der Waals surface area contributed by atoms with Crippen molar-refractivity contribution in [1.82, 2.24) is 9.97 Å². The molecule has 0 radical (unpaired) electrons. The number of anilines is 2. The average Bonchev–Trinajstić information content (AvgIpc) is 2.73. The molecule has 0 fully saturated rings. The highest BCUT2D eigenvalue weighted by molar-refractivity contribution is 7.09. The molecule has 0 saturated heterocycles. The van der Waals surface area contributed by atoms with Crippen LogP contribution in [0.5, 0.6) is 0 Å². The van der Waals surface area contributed by atoms with Crippen LogP contribution in [0.15, 0.2) is 23.8 Å². The van der Waals surface area contributed by atoms with E-state index >= 15 is 0 Å². The molecule has 78 valence electrons. The number of nitrogen functional groups attached to an aromatic ring is 1. The van der Waals surface area contributed by atoms with Gasteiger partial charge in [0.25, 0.3) is 0 Å². The third kappa shape index (κ3) is 2.44. The summed E-state index contributed by atoms with van der Waals surface area (Å²) in [4.78, 5) is 8.35. The zero-order valence-electron chi connectivity index (χ0n) is 8.40. The highest BCUT2D eigenvalue weighted by Gasteiger charge is 1.99. The minimum Gasteiger partial charge on any atom is -0.397 e. The molecule has 0 unspecified atom stereocenters. The Kier molecular flexibility index (Phi) is 2.82. The van der Waals surface area contributed by atoms with Gasteiger partial charge in [-0.1, -0.05) is 0 Å². The van der Waals surface area contributed by atoms with E-state index in [1.807, 2.05) is 18.4 Å². The lowest BCUT2D eigenvalue weighted by Crippen LogP contribution is -2.02. The van der Waals surface area contributed by atoms with Gasteiger partial charge in [0.2, 0.25) is 0 Å². The number of pyridine rings is 1. The minimum absolute atomic E-state index is 0.702. The number of aryl methyl sites for hydroxylation is 1. The minimum atomic E-state index is 0.702. The number of nitrogens with zero attached hydrogens (tertiary/aromatic N) is 2. The largest absolute Gasteiger partial charge is 0.397 e. The molecule has 0 saturated carbocycles. The summed E-state index contributed by atoms with van der Waals surface area (Å²) in [6.07, 6.45) is 3.46. The molecule has 4 nitrogen and oxygen atoms in total. The summed E-state index contributed by atoms with van der Waals surface area (Å²) in [6.45, 7) is 2.67. The van der Waals surface area contributed by atoms with E-state index < -0.39 is 0 Å². The van der Waals surface area contributed by atoms with Gasteiger partial charge in [0.1, 0.15) is 10.8 Å². The van der Waals surface area contributed by atoms with Crippen molar-refractivity contribution < 1.29 is 0 Å². The first-order valence-corrected chi connectivity index (χ1v) is 5.48. The number of thiazole rings is 1. The number of nitrogens with one attached hydrogen (secondary N) is 1. The Balaban J connectivity index is 2.02. The van der Waals surface area contributed by atoms with E-state index in [0.29, 0.717) is 6.54 Å². The normalized spacial score (nSPS) is 10.2. The van der Waals surface area contributed by atoms with Crippen LogP contribution in [0.2, 0.25) is 0 Å². The van der Waals surface area contributed by atoms with Crippen LogP contribution in [0.1, 0.15) is 10.6 Å². The molecule has 0 aliphatic carbocycles. The van der Waals surface area contributed by atoms with E-state index in [9.17, 15) is 0 Å². The lowest BCUT2D eigenvalue weighted by atomic mass is 10.2. The van der Waals surface area contributed by atoms with Gasteiger partial charge in [-0.15, -0.1) is 11.3 Å². The zero-order chi connectivity index (χ0) is 10.7. The Morgan fingerprint density at radius 2 is 2.33 bits per heavy atom. The summed E-state index contributed by atoms with van der Waals surface area (Å²) in [5.74, 6) is 0.830. The van der Waals surface area contributed by atoms with Crippen LogP contribution in [0.3, 0.4) is 0 Å². The van der Waals surface area contributed by atoms with Gasteiger partial charge in [0.15, 0.2) is 0 Å². The third-order valence-corrected chi connectivity index (χ3v) is 2.84. The Bertz CT molecular complexity index is 439. The molecule has 3 N–H and O–H groups in total. The molecule has 5 heteroatoms. The summed E-state index contributed by atoms with van der Waals surface area (Å²) >= 11 is 1.62. The molecule has 2 aromatic heterocycles. The first-order valence-electron chi connectivity index (χ1n) is 4.60. The monoisotopic (exact) mass is 220 g/mol. The van der Waals surface area contributed by atoms with Crippen molar-refractivity contribution in [1.29, 1.82) is 0 Å². The van der Waals surface area contributed by atoms with Gasteiger partial charge in [-0.3, -0.25) is 0 Å². The van der Waals surface area contributed by atoms with Gasteiger partial charge >= 0.3 is 0 Å². The maximum Gasteiger partial charge on any atom is 0.126 e. The van der Waals surface area contributed by atoms with Crippen LogP contribution in [0.4, 0.5) is 11.5 Å². The van der Waals surface area contributed by atoms with E-state index in [1.165, 1.54) is 0 Å². The fourth-order valence-electron chi connectivity index (χ4n) is 1.17. The number of rotatable bonds is 3. The molecule has 0 aromatic carbocycles. The first kappa shape index (κ1) is 9.92. The van der Waals surface area contributed by atoms with E-state index in [-0.39, 0.29) is 0 Å². The van der Waals surface area contributed by atoms with Crippen molar-refractivity contribution in [2.24, 2.45) is 0 Å². The molecule has 15 heavy (non-hydrogen) atoms. The molecule has 0 bridgehead atoms. The van der Waals surface area contributed by atoms with Gasteiger partial charge in [-0.25, -0.2) is 9.97 Å². The van der Waals surface area contributed by atoms with Crippen molar-refractivity contribution in [2.45, 2.75) is 13.5 Å². The van der Waals surface area contributed by atoms with Crippen LogP contribution in [0, 0.1) is 6.92 Å². The highest BCUT2D eigenvalue weighted by Crippen LogP contribution is 2.14. The number of hydrogen-bond donors (Lipinski definition) is 2. The molecular weight excluding hydrogens is 208 g/mol. The predicted molar refractivity (Wildman–Crippen MR) is 62.8 cm³/mol. The lowest BCUT2D eigenvalue weighted by Gasteiger charge is -2.05. The standard InChI is InChI=1S/C10H12N4S/c1-7-4-9(13-5-8(7)11)14-6-10-12-2-3-15-10/h2-5H,6,11H2,1H3,(H,13,14). The van der Waals surface area contributed by atoms with E-state index in [4.69, 9.17) is 5.73 Å². The van der Waals surface area contributed by atoms with Gasteiger partial charge < -0.3 is 11.1 Å². The molecule has 0 amide bonds. The fourth-order valence-corrected chi connectivity index (χ4v) is 1.73. The average molecular weight is 220 g/mol. The molecule has 2 rings (SSSR count).